The molecule has 2 aromatic heterocycles. The van der Waals surface area contributed by atoms with Crippen LogP contribution in [-0.4, -0.2) is 42.4 Å². The largest absolute Gasteiger partial charge is 0.356 e. The van der Waals surface area contributed by atoms with Crippen LogP contribution in [0, 0.1) is 0 Å². The Balaban J connectivity index is 1.56. The van der Waals surface area contributed by atoms with E-state index in [1.165, 1.54) is 25.7 Å². The van der Waals surface area contributed by atoms with Gasteiger partial charge >= 0.3 is 0 Å². The first-order chi connectivity index (χ1) is 11.9. The SMILES string of the molecule is C(=N\Nc1cc(N2CCCC2)nc(N2CCCC2)n1)/c1cccs1. The minimum absolute atomic E-state index is 0.765. The molecule has 2 aromatic rings. The van der Waals surface area contributed by atoms with E-state index in [-0.39, 0.29) is 0 Å². The molecule has 0 atom stereocenters. The fraction of sp³-hybridized carbons (Fsp3) is 0.471. The van der Waals surface area contributed by atoms with Crippen molar-refractivity contribution >= 4 is 35.1 Å². The number of nitrogens with zero attached hydrogens (tertiary/aromatic N) is 5. The molecule has 0 spiro atoms. The highest BCUT2D eigenvalue weighted by molar-refractivity contribution is 7.11. The van der Waals surface area contributed by atoms with Crippen LogP contribution >= 0.6 is 11.3 Å². The quantitative estimate of drug-likeness (QED) is 0.668. The molecule has 4 heterocycles. The molecule has 0 unspecified atom stereocenters. The van der Waals surface area contributed by atoms with Crippen molar-refractivity contribution in [2.45, 2.75) is 25.7 Å². The Morgan fingerprint density at radius 2 is 1.79 bits per heavy atom. The highest BCUT2D eigenvalue weighted by Crippen LogP contribution is 2.25. The van der Waals surface area contributed by atoms with Gasteiger partial charge in [0.05, 0.1) is 6.21 Å². The molecule has 0 aliphatic carbocycles. The van der Waals surface area contributed by atoms with Gasteiger partial charge in [-0.3, -0.25) is 5.43 Å². The molecule has 24 heavy (non-hydrogen) atoms. The second kappa shape index (κ2) is 7.17. The Bertz CT molecular complexity index is 653. The van der Waals surface area contributed by atoms with Crippen molar-refractivity contribution in [3.05, 3.63) is 28.5 Å². The van der Waals surface area contributed by atoms with E-state index in [1.807, 2.05) is 29.8 Å². The van der Waals surface area contributed by atoms with Gasteiger partial charge in [-0.2, -0.15) is 15.1 Å². The summed E-state index contributed by atoms with van der Waals surface area (Å²) in [6.45, 7) is 4.24. The molecule has 7 heteroatoms. The molecule has 0 radical (unpaired) electrons. The highest BCUT2D eigenvalue weighted by Gasteiger charge is 2.20. The highest BCUT2D eigenvalue weighted by atomic mass is 32.1. The van der Waals surface area contributed by atoms with Gasteiger partial charge in [-0.05, 0) is 37.1 Å². The van der Waals surface area contributed by atoms with E-state index in [0.29, 0.717) is 0 Å². The van der Waals surface area contributed by atoms with Crippen LogP contribution in [0.15, 0.2) is 28.7 Å². The average molecular weight is 342 g/mol. The molecule has 0 saturated carbocycles. The van der Waals surface area contributed by atoms with Gasteiger partial charge in [-0.15, -0.1) is 11.3 Å². The fourth-order valence-electron chi connectivity index (χ4n) is 3.17. The lowest BCUT2D eigenvalue weighted by atomic mass is 10.4. The van der Waals surface area contributed by atoms with Gasteiger partial charge in [0.2, 0.25) is 5.95 Å². The third-order valence-corrected chi connectivity index (χ3v) is 5.24. The molecule has 6 nitrogen and oxygen atoms in total. The molecule has 4 rings (SSSR count). The van der Waals surface area contributed by atoms with Crippen molar-refractivity contribution in [2.24, 2.45) is 5.10 Å². The zero-order chi connectivity index (χ0) is 16.2. The first kappa shape index (κ1) is 15.4. The van der Waals surface area contributed by atoms with Gasteiger partial charge in [-0.25, -0.2) is 0 Å². The van der Waals surface area contributed by atoms with E-state index in [2.05, 4.69) is 25.3 Å². The number of aromatic nitrogens is 2. The van der Waals surface area contributed by atoms with Crippen LogP contribution in [-0.2, 0) is 0 Å². The minimum atomic E-state index is 0.765. The zero-order valence-corrected chi connectivity index (χ0v) is 14.5. The predicted molar refractivity (Wildman–Crippen MR) is 100 cm³/mol. The summed E-state index contributed by atoms with van der Waals surface area (Å²) in [5.74, 6) is 2.60. The monoisotopic (exact) mass is 342 g/mol. The maximum atomic E-state index is 4.81. The fourth-order valence-corrected chi connectivity index (χ4v) is 3.76. The van der Waals surface area contributed by atoms with Crippen molar-refractivity contribution in [3.8, 4) is 0 Å². The van der Waals surface area contributed by atoms with E-state index in [0.717, 1.165) is 48.6 Å². The third kappa shape index (κ3) is 3.51. The molecule has 2 aliphatic rings. The number of thiophene rings is 1. The second-order valence-electron chi connectivity index (χ2n) is 6.19. The summed E-state index contributed by atoms with van der Waals surface area (Å²) < 4.78 is 0. The minimum Gasteiger partial charge on any atom is -0.356 e. The number of anilines is 3. The number of hydrogen-bond acceptors (Lipinski definition) is 7. The normalized spacial score (nSPS) is 18.0. The van der Waals surface area contributed by atoms with E-state index < -0.39 is 0 Å². The van der Waals surface area contributed by atoms with Crippen LogP contribution in [0.2, 0.25) is 0 Å². The third-order valence-electron chi connectivity index (χ3n) is 4.43. The molecule has 2 aliphatic heterocycles. The lowest BCUT2D eigenvalue weighted by molar-refractivity contribution is 0.871. The van der Waals surface area contributed by atoms with Crippen LogP contribution in [0.5, 0.6) is 0 Å². The van der Waals surface area contributed by atoms with Crippen molar-refractivity contribution in [3.63, 3.8) is 0 Å². The smallest absolute Gasteiger partial charge is 0.229 e. The number of hydrogen-bond donors (Lipinski definition) is 1. The van der Waals surface area contributed by atoms with Crippen LogP contribution in [0.25, 0.3) is 0 Å². The molecular weight excluding hydrogens is 320 g/mol. The summed E-state index contributed by atoms with van der Waals surface area (Å²) in [5.41, 5.74) is 3.08. The number of hydrazone groups is 1. The predicted octanol–water partition coefficient (Wildman–Crippen LogP) is 3.18. The molecule has 0 bridgehead atoms. The van der Waals surface area contributed by atoms with Crippen LogP contribution in [0.3, 0.4) is 0 Å². The van der Waals surface area contributed by atoms with Gasteiger partial charge in [0, 0.05) is 37.1 Å². The average Bonchev–Trinajstić information content (AvgIpc) is 3.35. The van der Waals surface area contributed by atoms with Gasteiger partial charge < -0.3 is 9.80 Å². The summed E-state index contributed by atoms with van der Waals surface area (Å²) in [6.07, 6.45) is 6.75. The summed E-state index contributed by atoms with van der Waals surface area (Å²) >= 11 is 1.67. The maximum absolute atomic E-state index is 4.81. The number of nitrogens with one attached hydrogen (secondary N) is 1. The Hall–Kier alpha value is -2.15. The molecule has 2 saturated heterocycles. The van der Waals surface area contributed by atoms with Crippen LogP contribution < -0.4 is 15.2 Å². The standard InChI is InChI=1S/C17H22N6S/c1-2-8-22(7-1)16-12-15(21-18-13-14-6-5-11-24-14)19-17(20-16)23-9-3-4-10-23/h5-6,11-13H,1-4,7-10H2,(H,19,20,21)/b18-13+. The molecule has 1 N–H and O–H groups in total. The van der Waals surface area contributed by atoms with Gasteiger partial charge in [0.1, 0.15) is 5.82 Å². The first-order valence-electron chi connectivity index (χ1n) is 8.60. The van der Waals surface area contributed by atoms with Gasteiger partial charge in [0.25, 0.3) is 0 Å². The van der Waals surface area contributed by atoms with E-state index in [1.54, 1.807) is 11.3 Å². The van der Waals surface area contributed by atoms with Crippen molar-refractivity contribution < 1.29 is 0 Å². The Labute approximate surface area is 146 Å². The van der Waals surface area contributed by atoms with Crippen molar-refractivity contribution in [2.75, 3.05) is 41.4 Å². The van der Waals surface area contributed by atoms with E-state index >= 15 is 0 Å². The van der Waals surface area contributed by atoms with Crippen LogP contribution in [0.4, 0.5) is 17.6 Å². The first-order valence-corrected chi connectivity index (χ1v) is 9.48. The Kier molecular flexibility index (Phi) is 4.60. The summed E-state index contributed by atoms with van der Waals surface area (Å²) in [4.78, 5) is 15.2. The molecule has 0 amide bonds. The van der Waals surface area contributed by atoms with Gasteiger partial charge in [-0.1, -0.05) is 6.07 Å². The topological polar surface area (TPSA) is 56.7 Å². The van der Waals surface area contributed by atoms with Crippen molar-refractivity contribution in [1.29, 1.82) is 0 Å². The lowest BCUT2D eigenvalue weighted by Gasteiger charge is -2.21. The van der Waals surface area contributed by atoms with Gasteiger partial charge in [0.15, 0.2) is 5.82 Å². The van der Waals surface area contributed by atoms with Crippen molar-refractivity contribution in [1.82, 2.24) is 9.97 Å². The molecule has 126 valence electrons. The summed E-state index contributed by atoms with van der Waals surface area (Å²) in [5, 5.41) is 6.37. The summed E-state index contributed by atoms with van der Waals surface area (Å²) in [7, 11) is 0. The Morgan fingerprint density at radius 3 is 2.50 bits per heavy atom. The number of rotatable bonds is 5. The summed E-state index contributed by atoms with van der Waals surface area (Å²) in [6, 6.07) is 6.07. The second-order valence-corrected chi connectivity index (χ2v) is 7.16. The van der Waals surface area contributed by atoms with E-state index in [9.17, 15) is 0 Å². The molecule has 2 fully saturated rings. The lowest BCUT2D eigenvalue weighted by Crippen LogP contribution is -2.24. The maximum Gasteiger partial charge on any atom is 0.229 e. The zero-order valence-electron chi connectivity index (χ0n) is 13.7. The van der Waals surface area contributed by atoms with E-state index in [4.69, 9.17) is 4.98 Å². The molecular formula is C17H22N6S. The van der Waals surface area contributed by atoms with Crippen LogP contribution in [0.1, 0.15) is 30.6 Å². The molecule has 0 aromatic carbocycles. The Morgan fingerprint density at radius 1 is 1.04 bits per heavy atom.